The quantitative estimate of drug-likeness (QED) is 0.475. The number of hydrogen-bond donors (Lipinski definition) is 1. The van der Waals surface area contributed by atoms with Gasteiger partial charge in [0.2, 0.25) is 5.91 Å². The lowest BCUT2D eigenvalue weighted by Gasteiger charge is -2.07. The molecule has 31 heavy (non-hydrogen) atoms. The molecular weight excluding hydrogens is 394 g/mol. The van der Waals surface area contributed by atoms with Gasteiger partial charge in [0.15, 0.2) is 0 Å². The molecule has 1 N–H and O–H groups in total. The summed E-state index contributed by atoms with van der Waals surface area (Å²) in [5.74, 6) is 0.512. The van der Waals surface area contributed by atoms with Crippen LogP contribution >= 0.6 is 0 Å². The molecule has 2 aromatic heterocycles. The summed E-state index contributed by atoms with van der Waals surface area (Å²) >= 11 is 0. The van der Waals surface area contributed by atoms with E-state index in [1.807, 2.05) is 61.5 Å². The maximum absolute atomic E-state index is 12.8. The fraction of sp³-hybridized carbons (Fsp3) is 0.217. The van der Waals surface area contributed by atoms with Crippen LogP contribution in [0.4, 0.5) is 0 Å². The first-order valence-electron chi connectivity index (χ1n) is 10.1. The molecule has 0 spiro atoms. The molecule has 0 bridgehead atoms. The Morgan fingerprint density at radius 3 is 2.61 bits per heavy atom. The van der Waals surface area contributed by atoms with Crippen molar-refractivity contribution in [3.05, 3.63) is 82.9 Å². The van der Waals surface area contributed by atoms with Crippen molar-refractivity contribution in [3.8, 4) is 17.0 Å². The monoisotopic (exact) mass is 417 g/mol. The topological polar surface area (TPSA) is 90.5 Å². The predicted molar refractivity (Wildman–Crippen MR) is 117 cm³/mol. The fourth-order valence-corrected chi connectivity index (χ4v) is 3.26. The Kier molecular flexibility index (Phi) is 6.07. The molecule has 2 aromatic carbocycles. The summed E-state index contributed by atoms with van der Waals surface area (Å²) in [5, 5.41) is 11.3. The van der Waals surface area contributed by atoms with E-state index in [0.717, 1.165) is 28.0 Å². The van der Waals surface area contributed by atoms with Crippen LogP contribution in [0.3, 0.4) is 0 Å². The lowest BCUT2D eigenvalue weighted by Crippen LogP contribution is -2.35. The van der Waals surface area contributed by atoms with Gasteiger partial charge < -0.3 is 10.1 Å². The van der Waals surface area contributed by atoms with Crippen LogP contribution in [0.2, 0.25) is 0 Å². The highest BCUT2D eigenvalue weighted by Crippen LogP contribution is 2.21. The Balaban J connectivity index is 1.45. The van der Waals surface area contributed by atoms with Gasteiger partial charge in [0.05, 0.1) is 12.3 Å². The minimum atomic E-state index is -0.370. The first kappa shape index (κ1) is 20.3. The van der Waals surface area contributed by atoms with Gasteiger partial charge in [0.25, 0.3) is 5.56 Å². The first-order valence-corrected chi connectivity index (χ1v) is 10.1. The highest BCUT2D eigenvalue weighted by atomic mass is 16.5. The fourth-order valence-electron chi connectivity index (χ4n) is 3.26. The zero-order chi connectivity index (χ0) is 21.6. The molecule has 0 radical (unpaired) electrons. The molecule has 0 aliphatic carbocycles. The summed E-state index contributed by atoms with van der Waals surface area (Å²) in [6.07, 6.45) is 2.16. The third-order valence-corrected chi connectivity index (χ3v) is 4.82. The van der Waals surface area contributed by atoms with Crippen LogP contribution in [-0.4, -0.2) is 38.5 Å². The molecule has 0 fully saturated rings. The van der Waals surface area contributed by atoms with Gasteiger partial charge in [-0.05, 0) is 49.2 Å². The van der Waals surface area contributed by atoms with Crippen molar-refractivity contribution in [1.82, 2.24) is 24.7 Å². The van der Waals surface area contributed by atoms with Crippen molar-refractivity contribution < 1.29 is 9.53 Å². The lowest BCUT2D eigenvalue weighted by molar-refractivity contribution is -0.121. The Bertz CT molecular complexity index is 1230. The Morgan fingerprint density at radius 1 is 1.10 bits per heavy atom. The number of nitrogens with one attached hydrogen (secondary N) is 1. The van der Waals surface area contributed by atoms with Crippen LogP contribution in [0.1, 0.15) is 12.5 Å². The maximum atomic E-state index is 12.8. The molecule has 8 nitrogen and oxygen atoms in total. The number of amides is 1. The van der Waals surface area contributed by atoms with Crippen molar-refractivity contribution in [1.29, 1.82) is 0 Å². The maximum Gasteiger partial charge on any atom is 0.293 e. The van der Waals surface area contributed by atoms with E-state index >= 15 is 0 Å². The van der Waals surface area contributed by atoms with E-state index in [9.17, 15) is 9.59 Å². The predicted octanol–water partition coefficient (Wildman–Crippen LogP) is 2.32. The number of hydrogen-bond acceptors (Lipinski definition) is 5. The largest absolute Gasteiger partial charge is 0.494 e. The molecule has 0 unspecified atom stereocenters. The van der Waals surface area contributed by atoms with Gasteiger partial charge in [-0.15, -0.1) is 0 Å². The normalized spacial score (nSPS) is 10.9. The summed E-state index contributed by atoms with van der Waals surface area (Å²) in [6, 6.07) is 19.1. The average Bonchev–Trinajstić information content (AvgIpc) is 3.22. The SMILES string of the molecule is CCOc1ccc(-c2cc3c(=O)n(CC(=O)NCCc4ccccc4)ncn3n2)cc1. The van der Waals surface area contributed by atoms with Crippen LogP contribution in [0.15, 0.2) is 71.8 Å². The number of ether oxygens (including phenoxy) is 1. The van der Waals surface area contributed by atoms with Crippen molar-refractivity contribution in [3.63, 3.8) is 0 Å². The van der Waals surface area contributed by atoms with Crippen molar-refractivity contribution in [2.24, 2.45) is 0 Å². The summed E-state index contributed by atoms with van der Waals surface area (Å²) < 4.78 is 8.03. The molecule has 2 heterocycles. The van der Waals surface area contributed by atoms with Gasteiger partial charge in [-0.2, -0.15) is 10.2 Å². The molecule has 1 amide bonds. The van der Waals surface area contributed by atoms with Gasteiger partial charge in [-0.3, -0.25) is 9.59 Å². The van der Waals surface area contributed by atoms with Gasteiger partial charge in [0.1, 0.15) is 24.1 Å². The highest BCUT2D eigenvalue weighted by Gasteiger charge is 2.12. The van der Waals surface area contributed by atoms with Crippen LogP contribution in [0, 0.1) is 0 Å². The third-order valence-electron chi connectivity index (χ3n) is 4.82. The number of rotatable bonds is 8. The van der Waals surface area contributed by atoms with E-state index in [1.54, 1.807) is 6.07 Å². The Morgan fingerprint density at radius 2 is 1.87 bits per heavy atom. The van der Waals surface area contributed by atoms with Gasteiger partial charge in [-0.25, -0.2) is 9.20 Å². The van der Waals surface area contributed by atoms with Gasteiger partial charge >= 0.3 is 0 Å². The van der Waals surface area contributed by atoms with Crippen LogP contribution < -0.4 is 15.6 Å². The second kappa shape index (κ2) is 9.25. The third kappa shape index (κ3) is 4.80. The standard InChI is InChI=1S/C23H23N5O3/c1-2-31-19-10-8-18(9-11-19)20-14-21-23(30)27(25-16-28(21)26-20)15-22(29)24-13-12-17-6-4-3-5-7-17/h3-11,14,16H,2,12-13,15H2,1H3,(H,24,29). The Labute approximate surface area is 179 Å². The summed E-state index contributed by atoms with van der Waals surface area (Å²) in [5.41, 5.74) is 2.63. The van der Waals surface area contributed by atoms with Crippen LogP contribution in [0.5, 0.6) is 5.75 Å². The second-order valence-electron chi connectivity index (χ2n) is 7.00. The highest BCUT2D eigenvalue weighted by molar-refractivity contribution is 5.75. The lowest BCUT2D eigenvalue weighted by atomic mass is 10.1. The number of benzene rings is 2. The van der Waals surface area contributed by atoms with E-state index in [0.29, 0.717) is 24.4 Å². The van der Waals surface area contributed by atoms with Crippen molar-refractivity contribution in [2.75, 3.05) is 13.2 Å². The van der Waals surface area contributed by atoms with Gasteiger partial charge in [0, 0.05) is 12.1 Å². The molecule has 0 saturated heterocycles. The average molecular weight is 417 g/mol. The van der Waals surface area contributed by atoms with Crippen LogP contribution in [0.25, 0.3) is 16.8 Å². The second-order valence-corrected chi connectivity index (χ2v) is 7.00. The zero-order valence-corrected chi connectivity index (χ0v) is 17.2. The number of aromatic nitrogens is 4. The number of carbonyl (C=O) groups is 1. The molecule has 158 valence electrons. The van der Waals surface area contributed by atoms with Crippen molar-refractivity contribution in [2.45, 2.75) is 19.9 Å². The first-order chi connectivity index (χ1) is 15.1. The number of nitrogens with zero attached hydrogens (tertiary/aromatic N) is 4. The van der Waals surface area contributed by atoms with Crippen LogP contribution in [-0.2, 0) is 17.8 Å². The zero-order valence-electron chi connectivity index (χ0n) is 17.2. The minimum Gasteiger partial charge on any atom is -0.494 e. The van der Waals surface area contributed by atoms with Crippen molar-refractivity contribution >= 4 is 11.4 Å². The molecule has 0 aliphatic heterocycles. The molecule has 4 rings (SSSR count). The number of fused-ring (bicyclic) bond motifs is 1. The summed E-state index contributed by atoms with van der Waals surface area (Å²) in [6.45, 7) is 2.87. The van der Waals surface area contributed by atoms with E-state index in [2.05, 4.69) is 15.5 Å². The van der Waals surface area contributed by atoms with E-state index in [1.165, 1.54) is 10.8 Å². The summed E-state index contributed by atoms with van der Waals surface area (Å²) in [7, 11) is 0. The Hall–Kier alpha value is -3.94. The number of carbonyl (C=O) groups excluding carboxylic acids is 1. The molecule has 0 aliphatic rings. The van der Waals surface area contributed by atoms with E-state index < -0.39 is 0 Å². The smallest absolute Gasteiger partial charge is 0.293 e. The van der Waals surface area contributed by atoms with E-state index in [4.69, 9.17) is 4.74 Å². The molecule has 8 heteroatoms. The van der Waals surface area contributed by atoms with E-state index in [-0.39, 0.29) is 18.0 Å². The molecule has 0 atom stereocenters. The van der Waals surface area contributed by atoms with Gasteiger partial charge in [-0.1, -0.05) is 30.3 Å². The molecule has 4 aromatic rings. The minimum absolute atomic E-state index is 0.145. The summed E-state index contributed by atoms with van der Waals surface area (Å²) in [4.78, 5) is 25.0. The molecular formula is C23H23N5O3. The molecule has 0 saturated carbocycles.